The molecule has 1 unspecified atom stereocenters. The first kappa shape index (κ1) is 19.2. The predicted octanol–water partition coefficient (Wildman–Crippen LogP) is 4.60. The number of halogens is 2. The molecule has 0 spiro atoms. The minimum atomic E-state index is -0.198. The van der Waals surface area contributed by atoms with E-state index in [-0.39, 0.29) is 30.7 Å². The number of thiophene rings is 1. The van der Waals surface area contributed by atoms with Crippen molar-refractivity contribution in [1.29, 1.82) is 0 Å². The van der Waals surface area contributed by atoms with Crippen molar-refractivity contribution in [2.75, 3.05) is 6.54 Å². The number of hydrogen-bond donors (Lipinski definition) is 1. The second-order valence-electron chi connectivity index (χ2n) is 6.40. The number of hydrogen-bond acceptors (Lipinski definition) is 3. The lowest BCUT2D eigenvalue weighted by atomic mass is 10.1. The highest BCUT2D eigenvalue weighted by atomic mass is 35.5. The van der Waals surface area contributed by atoms with Gasteiger partial charge in [0.25, 0.3) is 0 Å². The molecule has 3 rings (SSSR count). The van der Waals surface area contributed by atoms with E-state index in [1.807, 2.05) is 17.9 Å². The minimum absolute atomic E-state index is 0.0270. The quantitative estimate of drug-likeness (QED) is 0.782. The molecule has 1 aliphatic rings. The highest BCUT2D eigenvalue weighted by Gasteiger charge is 2.22. The monoisotopic (exact) mass is 410 g/mol. The molecule has 0 saturated carbocycles. The van der Waals surface area contributed by atoms with E-state index in [1.54, 1.807) is 23.5 Å². The Morgan fingerprint density at radius 1 is 1.23 bits per heavy atom. The van der Waals surface area contributed by atoms with E-state index < -0.39 is 0 Å². The molecular weight excluding hydrogens is 391 g/mol. The van der Waals surface area contributed by atoms with Crippen molar-refractivity contribution in [3.05, 3.63) is 55.7 Å². The van der Waals surface area contributed by atoms with Gasteiger partial charge in [0.15, 0.2) is 0 Å². The highest BCUT2D eigenvalue weighted by Crippen LogP contribution is 2.26. The number of amides is 2. The van der Waals surface area contributed by atoms with E-state index in [2.05, 4.69) is 16.8 Å². The Bertz CT molecular complexity index is 822. The molecule has 0 bridgehead atoms. The molecule has 2 amide bonds. The Hall–Kier alpha value is -1.56. The van der Waals surface area contributed by atoms with Crippen molar-refractivity contribution < 1.29 is 9.59 Å². The van der Waals surface area contributed by atoms with Crippen LogP contribution in [0, 0.1) is 0 Å². The van der Waals surface area contributed by atoms with Gasteiger partial charge in [0.1, 0.15) is 0 Å². The summed E-state index contributed by atoms with van der Waals surface area (Å²) in [4.78, 5) is 27.8. The van der Waals surface area contributed by atoms with Gasteiger partial charge in [-0.25, -0.2) is 0 Å². The van der Waals surface area contributed by atoms with Gasteiger partial charge in [-0.15, -0.1) is 11.3 Å². The first-order valence-electron chi connectivity index (χ1n) is 8.51. The molecule has 0 aliphatic carbocycles. The maximum atomic E-state index is 12.4. The molecule has 1 atom stereocenters. The number of benzene rings is 1. The van der Waals surface area contributed by atoms with Crippen LogP contribution in [0.15, 0.2) is 29.6 Å². The van der Waals surface area contributed by atoms with Crippen LogP contribution < -0.4 is 5.32 Å². The summed E-state index contributed by atoms with van der Waals surface area (Å²) in [7, 11) is 0. The summed E-state index contributed by atoms with van der Waals surface area (Å²) >= 11 is 13.7. The van der Waals surface area contributed by atoms with E-state index in [0.29, 0.717) is 16.6 Å². The van der Waals surface area contributed by atoms with Gasteiger partial charge in [-0.3, -0.25) is 9.59 Å². The number of nitrogens with zero attached hydrogens (tertiary/aromatic N) is 1. The smallest absolute Gasteiger partial charge is 0.223 e. The van der Waals surface area contributed by atoms with Gasteiger partial charge in [-0.2, -0.15) is 0 Å². The minimum Gasteiger partial charge on any atom is -0.350 e. The zero-order chi connectivity index (χ0) is 18.7. The molecule has 1 aliphatic heterocycles. The third-order valence-corrected chi connectivity index (χ3v) is 6.31. The Morgan fingerprint density at radius 2 is 2.04 bits per heavy atom. The fourth-order valence-corrected chi connectivity index (χ4v) is 4.21. The van der Waals surface area contributed by atoms with Crippen molar-refractivity contribution >= 4 is 46.4 Å². The molecule has 26 heavy (non-hydrogen) atoms. The Morgan fingerprint density at radius 3 is 2.81 bits per heavy atom. The van der Waals surface area contributed by atoms with Crippen LogP contribution in [-0.4, -0.2) is 23.3 Å². The standard InChI is InChI=1S/C19H20Cl2N2O2S/c1-12(13-2-3-15(20)16(21)10-13)22-18(24)4-5-19(25)23-8-6-17-14(11-23)7-9-26-17/h2-3,7,9-10,12H,4-6,8,11H2,1H3,(H,22,24). The highest BCUT2D eigenvalue weighted by molar-refractivity contribution is 7.10. The maximum Gasteiger partial charge on any atom is 0.223 e. The summed E-state index contributed by atoms with van der Waals surface area (Å²) in [6.45, 7) is 3.26. The van der Waals surface area contributed by atoms with Gasteiger partial charge in [0.2, 0.25) is 11.8 Å². The van der Waals surface area contributed by atoms with Crippen LogP contribution in [0.5, 0.6) is 0 Å². The first-order valence-corrected chi connectivity index (χ1v) is 10.1. The number of rotatable bonds is 5. The Kier molecular flexibility index (Phi) is 6.22. The maximum absolute atomic E-state index is 12.4. The SMILES string of the molecule is CC(NC(=O)CCC(=O)N1CCc2sccc2C1)c1ccc(Cl)c(Cl)c1. The largest absolute Gasteiger partial charge is 0.350 e. The van der Waals surface area contributed by atoms with Crippen molar-refractivity contribution in [2.24, 2.45) is 0 Å². The van der Waals surface area contributed by atoms with Gasteiger partial charge in [0, 0.05) is 30.8 Å². The van der Waals surface area contributed by atoms with Crippen LogP contribution in [0.1, 0.15) is 41.8 Å². The summed E-state index contributed by atoms with van der Waals surface area (Å²) in [6.07, 6.45) is 1.30. The molecule has 1 aromatic heterocycles. The molecule has 7 heteroatoms. The van der Waals surface area contributed by atoms with E-state index in [9.17, 15) is 9.59 Å². The van der Waals surface area contributed by atoms with E-state index >= 15 is 0 Å². The molecule has 138 valence electrons. The van der Waals surface area contributed by atoms with Gasteiger partial charge in [0.05, 0.1) is 16.1 Å². The predicted molar refractivity (Wildman–Crippen MR) is 106 cm³/mol. The molecule has 1 aromatic carbocycles. The molecule has 0 saturated heterocycles. The lowest BCUT2D eigenvalue weighted by Gasteiger charge is -2.27. The first-order chi connectivity index (χ1) is 12.4. The normalized spacial score (nSPS) is 14.7. The van der Waals surface area contributed by atoms with Gasteiger partial charge in [-0.1, -0.05) is 29.3 Å². The van der Waals surface area contributed by atoms with E-state index in [1.165, 1.54) is 10.4 Å². The van der Waals surface area contributed by atoms with E-state index in [4.69, 9.17) is 23.2 Å². The lowest BCUT2D eigenvalue weighted by molar-refractivity contribution is -0.134. The molecule has 2 aromatic rings. The number of carbonyl (C=O) groups excluding carboxylic acids is 2. The lowest BCUT2D eigenvalue weighted by Crippen LogP contribution is -2.36. The fourth-order valence-electron chi connectivity index (χ4n) is 3.02. The second kappa shape index (κ2) is 8.42. The average molecular weight is 411 g/mol. The zero-order valence-corrected chi connectivity index (χ0v) is 16.8. The van der Waals surface area contributed by atoms with Gasteiger partial charge >= 0.3 is 0 Å². The molecule has 0 fully saturated rings. The third kappa shape index (κ3) is 4.58. The van der Waals surface area contributed by atoms with Crippen LogP contribution in [0.2, 0.25) is 10.0 Å². The Labute approximate surface area is 167 Å². The van der Waals surface area contributed by atoms with Crippen molar-refractivity contribution in [3.8, 4) is 0 Å². The topological polar surface area (TPSA) is 49.4 Å². The summed E-state index contributed by atoms with van der Waals surface area (Å²) in [6, 6.07) is 7.16. The summed E-state index contributed by atoms with van der Waals surface area (Å²) in [5, 5.41) is 5.91. The van der Waals surface area contributed by atoms with Crippen LogP contribution >= 0.6 is 34.5 Å². The number of nitrogens with one attached hydrogen (secondary N) is 1. The zero-order valence-electron chi connectivity index (χ0n) is 14.4. The van der Waals surface area contributed by atoms with Crippen molar-refractivity contribution in [2.45, 2.75) is 38.8 Å². The van der Waals surface area contributed by atoms with Gasteiger partial charge < -0.3 is 10.2 Å². The molecular formula is C19H20Cl2N2O2S. The van der Waals surface area contributed by atoms with Gasteiger partial charge in [-0.05, 0) is 48.1 Å². The molecule has 2 heterocycles. The molecule has 1 N–H and O–H groups in total. The molecule has 4 nitrogen and oxygen atoms in total. The molecule has 0 radical (unpaired) electrons. The summed E-state index contributed by atoms with van der Waals surface area (Å²) in [5.74, 6) is -0.121. The van der Waals surface area contributed by atoms with Crippen LogP contribution in [-0.2, 0) is 22.6 Å². The average Bonchev–Trinajstić information content (AvgIpc) is 3.09. The van der Waals surface area contributed by atoms with Crippen molar-refractivity contribution in [3.63, 3.8) is 0 Å². The van der Waals surface area contributed by atoms with Crippen LogP contribution in [0.25, 0.3) is 0 Å². The van der Waals surface area contributed by atoms with E-state index in [0.717, 1.165) is 18.5 Å². The van der Waals surface area contributed by atoms with Crippen LogP contribution in [0.4, 0.5) is 0 Å². The van der Waals surface area contributed by atoms with Crippen LogP contribution in [0.3, 0.4) is 0 Å². The Balaban J connectivity index is 1.47. The number of fused-ring (bicyclic) bond motifs is 1. The number of carbonyl (C=O) groups is 2. The summed E-state index contributed by atoms with van der Waals surface area (Å²) in [5.41, 5.74) is 2.10. The fraction of sp³-hybridized carbons (Fsp3) is 0.368. The third-order valence-electron chi connectivity index (χ3n) is 4.55. The second-order valence-corrected chi connectivity index (χ2v) is 8.21. The summed E-state index contributed by atoms with van der Waals surface area (Å²) < 4.78 is 0. The van der Waals surface area contributed by atoms with Crippen molar-refractivity contribution in [1.82, 2.24) is 10.2 Å².